The Morgan fingerprint density at radius 2 is 2.00 bits per heavy atom. The van der Waals surface area contributed by atoms with Crippen molar-refractivity contribution in [2.45, 2.75) is 43.5 Å². The van der Waals surface area contributed by atoms with E-state index in [0.717, 1.165) is 38.3 Å². The summed E-state index contributed by atoms with van der Waals surface area (Å²) >= 11 is 0. The molecule has 1 saturated carbocycles. The van der Waals surface area contributed by atoms with Gasteiger partial charge in [0.1, 0.15) is 11.6 Å². The van der Waals surface area contributed by atoms with Gasteiger partial charge in [-0.2, -0.15) is 0 Å². The molecule has 0 N–H and O–H groups in total. The highest BCUT2D eigenvalue weighted by Crippen LogP contribution is 2.32. The minimum Gasteiger partial charge on any atom is -0.297 e. The molecule has 0 amide bonds. The second kappa shape index (κ2) is 6.45. The van der Waals surface area contributed by atoms with Crippen molar-refractivity contribution in [1.29, 1.82) is 0 Å². The Kier molecular flexibility index (Phi) is 4.71. The van der Waals surface area contributed by atoms with Gasteiger partial charge in [0.25, 0.3) is 0 Å². The Bertz CT molecular complexity index is 677. The number of halogens is 2. The largest absolute Gasteiger partial charge is 0.297 e. The summed E-state index contributed by atoms with van der Waals surface area (Å²) in [5.41, 5.74) is 0.444. The summed E-state index contributed by atoms with van der Waals surface area (Å²) in [7, 11) is -1.54. The molecule has 3 rings (SSSR count). The molecule has 1 aromatic rings. The highest BCUT2D eigenvalue weighted by molar-refractivity contribution is 7.90. The lowest BCUT2D eigenvalue weighted by Gasteiger charge is -2.37. The van der Waals surface area contributed by atoms with Crippen molar-refractivity contribution in [3.63, 3.8) is 0 Å². The minimum absolute atomic E-state index is 0.0714. The summed E-state index contributed by atoms with van der Waals surface area (Å²) in [6.45, 7) is 1.75. The fourth-order valence-corrected chi connectivity index (χ4v) is 4.96. The zero-order valence-electron chi connectivity index (χ0n) is 13.2. The molecule has 1 aliphatic heterocycles. The maximum Gasteiger partial charge on any atom is 0.217 e. The number of hydrogen-bond acceptors (Lipinski definition) is 3. The van der Waals surface area contributed by atoms with E-state index in [0.29, 0.717) is 18.7 Å². The highest BCUT2D eigenvalue weighted by atomic mass is 32.2. The van der Waals surface area contributed by atoms with Crippen molar-refractivity contribution in [2.75, 3.05) is 20.1 Å². The van der Waals surface area contributed by atoms with Crippen LogP contribution < -0.4 is 0 Å². The first-order valence-corrected chi connectivity index (χ1v) is 9.51. The highest BCUT2D eigenvalue weighted by Gasteiger charge is 2.41. The van der Waals surface area contributed by atoms with Gasteiger partial charge in [0.2, 0.25) is 10.0 Å². The Balaban J connectivity index is 1.66. The van der Waals surface area contributed by atoms with Crippen LogP contribution in [0.5, 0.6) is 0 Å². The van der Waals surface area contributed by atoms with Crippen LogP contribution in [0.2, 0.25) is 0 Å². The van der Waals surface area contributed by atoms with Crippen LogP contribution in [0.15, 0.2) is 18.2 Å². The van der Waals surface area contributed by atoms with E-state index < -0.39 is 21.7 Å². The molecule has 0 aromatic heterocycles. The minimum atomic E-state index is -3.19. The second-order valence-corrected chi connectivity index (χ2v) is 8.80. The van der Waals surface area contributed by atoms with Crippen molar-refractivity contribution < 1.29 is 17.2 Å². The van der Waals surface area contributed by atoms with Gasteiger partial charge in [-0.15, -0.1) is 0 Å². The molecular weight excluding hydrogens is 322 g/mol. The topological polar surface area (TPSA) is 40.6 Å². The van der Waals surface area contributed by atoms with Crippen LogP contribution in [0, 0.1) is 11.6 Å². The first kappa shape index (κ1) is 16.8. The number of hydrogen-bond donors (Lipinski definition) is 0. The van der Waals surface area contributed by atoms with Crippen molar-refractivity contribution in [3.8, 4) is 0 Å². The molecule has 2 fully saturated rings. The van der Waals surface area contributed by atoms with Crippen LogP contribution >= 0.6 is 0 Å². The molecule has 23 heavy (non-hydrogen) atoms. The first-order chi connectivity index (χ1) is 10.9. The first-order valence-electron chi connectivity index (χ1n) is 8.01. The number of benzene rings is 1. The van der Waals surface area contributed by atoms with Gasteiger partial charge in [0.15, 0.2) is 0 Å². The van der Waals surface area contributed by atoms with Gasteiger partial charge in [-0.1, -0.05) is 6.07 Å². The van der Waals surface area contributed by atoms with Crippen molar-refractivity contribution in [1.82, 2.24) is 9.21 Å². The summed E-state index contributed by atoms with van der Waals surface area (Å²) in [5.74, 6) is -1.14. The van der Waals surface area contributed by atoms with E-state index in [-0.39, 0.29) is 11.3 Å². The Labute approximate surface area is 136 Å². The molecule has 128 valence electrons. The van der Waals surface area contributed by atoms with Crippen molar-refractivity contribution in [2.24, 2.45) is 0 Å². The number of likely N-dealkylation sites (tertiary alicyclic amines) is 1. The average Bonchev–Trinajstić information content (AvgIpc) is 3.35. The zero-order valence-corrected chi connectivity index (χ0v) is 14.0. The molecule has 0 spiro atoms. The lowest BCUT2D eigenvalue weighted by molar-refractivity contribution is 0.151. The maximum atomic E-state index is 13.8. The number of nitrogens with zero attached hydrogens (tertiary/aromatic N) is 2. The third-order valence-electron chi connectivity index (χ3n) is 4.75. The molecule has 1 atom stereocenters. The molecule has 0 radical (unpaired) electrons. The van der Waals surface area contributed by atoms with Gasteiger partial charge >= 0.3 is 0 Å². The van der Waals surface area contributed by atoms with Crippen LogP contribution in [0.3, 0.4) is 0 Å². The van der Waals surface area contributed by atoms with Gasteiger partial charge in [-0.25, -0.2) is 21.5 Å². The van der Waals surface area contributed by atoms with E-state index >= 15 is 0 Å². The standard InChI is InChI=1S/C16H22F2N2O2S/c1-19(23(21,22)15-6-7-15)14-3-2-8-20(11-14)10-12-4-5-13(17)9-16(12)18/h4-5,9,14-15H,2-3,6-8,10-11H2,1H3. The molecule has 1 heterocycles. The van der Waals surface area contributed by atoms with Crippen LogP contribution in [0.4, 0.5) is 8.78 Å². The summed E-state index contributed by atoms with van der Waals surface area (Å²) < 4.78 is 53.0. The fourth-order valence-electron chi connectivity index (χ4n) is 3.17. The van der Waals surface area contributed by atoms with E-state index in [1.807, 2.05) is 4.90 Å². The van der Waals surface area contributed by atoms with Crippen molar-refractivity contribution >= 4 is 10.0 Å². The second-order valence-electron chi connectivity index (χ2n) is 6.53. The van der Waals surface area contributed by atoms with Gasteiger partial charge in [-0.3, -0.25) is 4.90 Å². The molecule has 4 nitrogen and oxygen atoms in total. The number of rotatable bonds is 5. The van der Waals surface area contributed by atoms with E-state index in [9.17, 15) is 17.2 Å². The number of piperidine rings is 1. The van der Waals surface area contributed by atoms with Crippen LogP contribution in [0.1, 0.15) is 31.2 Å². The molecule has 1 unspecified atom stereocenters. The van der Waals surface area contributed by atoms with Gasteiger partial charge in [0, 0.05) is 37.8 Å². The Hall–Kier alpha value is -1.05. The van der Waals surface area contributed by atoms with Crippen LogP contribution in [-0.2, 0) is 16.6 Å². The summed E-state index contributed by atoms with van der Waals surface area (Å²) in [6.07, 6.45) is 3.21. The zero-order chi connectivity index (χ0) is 16.6. The summed E-state index contributed by atoms with van der Waals surface area (Å²) in [5, 5.41) is -0.211. The van der Waals surface area contributed by atoms with Gasteiger partial charge in [-0.05, 0) is 38.3 Å². The lowest BCUT2D eigenvalue weighted by Crippen LogP contribution is -2.49. The fraction of sp³-hybridized carbons (Fsp3) is 0.625. The third kappa shape index (κ3) is 3.72. The van der Waals surface area contributed by atoms with Crippen LogP contribution in [-0.4, -0.2) is 49.1 Å². The van der Waals surface area contributed by atoms with Gasteiger partial charge in [0.05, 0.1) is 5.25 Å². The molecule has 1 saturated heterocycles. The average molecular weight is 344 g/mol. The number of likely N-dealkylation sites (N-methyl/N-ethyl adjacent to an activating group) is 1. The normalized spacial score (nSPS) is 23.4. The maximum absolute atomic E-state index is 13.8. The monoisotopic (exact) mass is 344 g/mol. The SMILES string of the molecule is CN(C1CCCN(Cc2ccc(F)cc2F)C1)S(=O)(=O)C1CC1. The Morgan fingerprint density at radius 3 is 2.65 bits per heavy atom. The van der Waals surface area contributed by atoms with Crippen LogP contribution in [0.25, 0.3) is 0 Å². The molecule has 1 aromatic carbocycles. The van der Waals surface area contributed by atoms with Crippen molar-refractivity contribution in [3.05, 3.63) is 35.4 Å². The predicted molar refractivity (Wildman–Crippen MR) is 84.4 cm³/mol. The predicted octanol–water partition coefficient (Wildman–Crippen LogP) is 2.35. The quantitative estimate of drug-likeness (QED) is 0.823. The third-order valence-corrected chi connectivity index (χ3v) is 7.17. The number of sulfonamides is 1. The molecule has 7 heteroatoms. The summed E-state index contributed by atoms with van der Waals surface area (Å²) in [6, 6.07) is 3.53. The molecule has 0 bridgehead atoms. The van der Waals surface area contributed by atoms with E-state index in [4.69, 9.17) is 0 Å². The molecular formula is C16H22F2N2O2S. The smallest absolute Gasteiger partial charge is 0.217 e. The molecule has 2 aliphatic rings. The summed E-state index contributed by atoms with van der Waals surface area (Å²) in [4.78, 5) is 2.05. The Morgan fingerprint density at radius 1 is 1.26 bits per heavy atom. The van der Waals surface area contributed by atoms with E-state index in [1.165, 1.54) is 16.4 Å². The van der Waals surface area contributed by atoms with Gasteiger partial charge < -0.3 is 0 Å². The lowest BCUT2D eigenvalue weighted by atomic mass is 10.0. The van der Waals surface area contributed by atoms with E-state index in [1.54, 1.807) is 7.05 Å². The van der Waals surface area contributed by atoms with E-state index in [2.05, 4.69) is 0 Å². The molecule has 1 aliphatic carbocycles.